The lowest BCUT2D eigenvalue weighted by Gasteiger charge is -2.21. The largest absolute Gasteiger partial charge is 0.490 e. The van der Waals surface area contributed by atoms with Gasteiger partial charge in [-0.1, -0.05) is 11.6 Å². The van der Waals surface area contributed by atoms with Gasteiger partial charge in [0.1, 0.15) is 6.33 Å². The standard InChI is InChI=1S/C9H14ClN3O2/c1-6(14)4-13(2)9-7(15-3)8(10)11-5-12-9/h5-6,14H,4H2,1-3H3. The highest BCUT2D eigenvalue weighted by Crippen LogP contribution is 2.30. The van der Waals surface area contributed by atoms with Crippen LogP contribution in [0.15, 0.2) is 6.33 Å². The maximum absolute atomic E-state index is 9.26. The van der Waals surface area contributed by atoms with Crippen LogP contribution in [0.5, 0.6) is 5.75 Å². The third-order valence-electron chi connectivity index (χ3n) is 1.85. The molecule has 0 aliphatic rings. The van der Waals surface area contributed by atoms with Gasteiger partial charge in [0.25, 0.3) is 0 Å². The summed E-state index contributed by atoms with van der Waals surface area (Å²) in [6.07, 6.45) is 0.909. The van der Waals surface area contributed by atoms with Crippen molar-refractivity contribution in [2.24, 2.45) is 0 Å². The number of aliphatic hydroxyl groups is 1. The number of nitrogens with zero attached hydrogens (tertiary/aromatic N) is 3. The van der Waals surface area contributed by atoms with E-state index in [4.69, 9.17) is 16.3 Å². The molecular formula is C9H14ClN3O2. The first-order chi connectivity index (χ1) is 7.06. The molecule has 1 aromatic rings. The Kier molecular flexibility index (Phi) is 4.11. The first-order valence-corrected chi connectivity index (χ1v) is 4.87. The van der Waals surface area contributed by atoms with Crippen molar-refractivity contribution in [2.45, 2.75) is 13.0 Å². The van der Waals surface area contributed by atoms with Gasteiger partial charge in [-0.25, -0.2) is 9.97 Å². The van der Waals surface area contributed by atoms with Gasteiger partial charge < -0.3 is 14.7 Å². The first kappa shape index (κ1) is 12.0. The molecule has 0 saturated heterocycles. The molecule has 0 saturated carbocycles. The van der Waals surface area contributed by atoms with Gasteiger partial charge in [-0.05, 0) is 6.92 Å². The molecule has 1 aromatic heterocycles. The third kappa shape index (κ3) is 2.94. The van der Waals surface area contributed by atoms with E-state index in [2.05, 4.69) is 9.97 Å². The van der Waals surface area contributed by atoms with Crippen molar-refractivity contribution in [2.75, 3.05) is 25.6 Å². The molecule has 0 fully saturated rings. The van der Waals surface area contributed by atoms with Crippen LogP contribution in [0.3, 0.4) is 0 Å². The van der Waals surface area contributed by atoms with Crippen LogP contribution in [0.1, 0.15) is 6.92 Å². The highest BCUT2D eigenvalue weighted by atomic mass is 35.5. The van der Waals surface area contributed by atoms with Gasteiger partial charge in [0, 0.05) is 13.6 Å². The van der Waals surface area contributed by atoms with Crippen LogP contribution >= 0.6 is 11.6 Å². The highest BCUT2D eigenvalue weighted by Gasteiger charge is 2.15. The van der Waals surface area contributed by atoms with E-state index in [1.54, 1.807) is 18.9 Å². The van der Waals surface area contributed by atoms with Crippen LogP contribution in [0.4, 0.5) is 5.82 Å². The third-order valence-corrected chi connectivity index (χ3v) is 2.11. The van der Waals surface area contributed by atoms with Crippen LogP contribution in [-0.4, -0.2) is 41.9 Å². The molecule has 0 aromatic carbocycles. The molecule has 15 heavy (non-hydrogen) atoms. The van der Waals surface area contributed by atoms with E-state index in [0.717, 1.165) is 0 Å². The Morgan fingerprint density at radius 2 is 2.27 bits per heavy atom. The number of halogens is 1. The Labute approximate surface area is 93.7 Å². The molecule has 5 nitrogen and oxygen atoms in total. The summed E-state index contributed by atoms with van der Waals surface area (Å²) in [5.74, 6) is 0.987. The SMILES string of the molecule is COc1c(Cl)ncnc1N(C)CC(C)O. The summed E-state index contributed by atoms with van der Waals surface area (Å²) in [5.41, 5.74) is 0. The summed E-state index contributed by atoms with van der Waals surface area (Å²) < 4.78 is 5.10. The highest BCUT2D eigenvalue weighted by molar-refractivity contribution is 6.31. The number of rotatable bonds is 4. The van der Waals surface area contributed by atoms with Crippen molar-refractivity contribution in [3.8, 4) is 5.75 Å². The lowest BCUT2D eigenvalue weighted by Crippen LogP contribution is -2.28. The minimum atomic E-state index is -0.451. The van der Waals surface area contributed by atoms with E-state index >= 15 is 0 Å². The van der Waals surface area contributed by atoms with Crippen molar-refractivity contribution < 1.29 is 9.84 Å². The van der Waals surface area contributed by atoms with Crippen LogP contribution in [0.2, 0.25) is 5.15 Å². The van der Waals surface area contributed by atoms with Gasteiger partial charge in [0.2, 0.25) is 0 Å². The number of methoxy groups -OCH3 is 1. The molecule has 0 amide bonds. The second kappa shape index (κ2) is 5.14. The smallest absolute Gasteiger partial charge is 0.199 e. The van der Waals surface area contributed by atoms with Gasteiger partial charge in [-0.15, -0.1) is 0 Å². The van der Waals surface area contributed by atoms with Crippen molar-refractivity contribution in [3.63, 3.8) is 0 Å². The Morgan fingerprint density at radius 1 is 1.60 bits per heavy atom. The average molecular weight is 232 g/mol. The molecule has 84 valence electrons. The summed E-state index contributed by atoms with van der Waals surface area (Å²) in [7, 11) is 3.30. The minimum absolute atomic E-state index is 0.264. The van der Waals surface area contributed by atoms with E-state index in [1.807, 2.05) is 0 Å². The molecule has 0 aliphatic heterocycles. The fraction of sp³-hybridized carbons (Fsp3) is 0.556. The van der Waals surface area contributed by atoms with Crippen LogP contribution in [-0.2, 0) is 0 Å². The zero-order valence-corrected chi connectivity index (χ0v) is 9.69. The summed E-state index contributed by atoms with van der Waals surface area (Å²) in [5, 5.41) is 9.52. The predicted molar refractivity (Wildman–Crippen MR) is 58.5 cm³/mol. The van der Waals surface area contributed by atoms with E-state index in [0.29, 0.717) is 18.1 Å². The van der Waals surface area contributed by atoms with E-state index in [9.17, 15) is 5.11 Å². The molecule has 0 bridgehead atoms. The Morgan fingerprint density at radius 3 is 2.80 bits per heavy atom. The van der Waals surface area contributed by atoms with Crippen molar-refractivity contribution in [3.05, 3.63) is 11.5 Å². The van der Waals surface area contributed by atoms with E-state index in [1.165, 1.54) is 13.4 Å². The topological polar surface area (TPSA) is 58.5 Å². The Balaban J connectivity index is 2.97. The number of likely N-dealkylation sites (N-methyl/N-ethyl adjacent to an activating group) is 1. The maximum atomic E-state index is 9.26. The van der Waals surface area contributed by atoms with Crippen molar-refractivity contribution >= 4 is 17.4 Å². The van der Waals surface area contributed by atoms with Crippen LogP contribution in [0, 0.1) is 0 Å². The molecule has 0 spiro atoms. The first-order valence-electron chi connectivity index (χ1n) is 4.50. The van der Waals surface area contributed by atoms with Gasteiger partial charge >= 0.3 is 0 Å². The molecule has 1 unspecified atom stereocenters. The van der Waals surface area contributed by atoms with Gasteiger partial charge in [0.15, 0.2) is 16.7 Å². The molecule has 1 heterocycles. The summed E-state index contributed by atoms with van der Waals surface area (Å²) in [6.45, 7) is 2.15. The van der Waals surface area contributed by atoms with Crippen LogP contribution < -0.4 is 9.64 Å². The maximum Gasteiger partial charge on any atom is 0.199 e. The monoisotopic (exact) mass is 231 g/mol. The fourth-order valence-corrected chi connectivity index (χ4v) is 1.48. The minimum Gasteiger partial charge on any atom is -0.490 e. The van der Waals surface area contributed by atoms with Gasteiger partial charge in [-0.2, -0.15) is 0 Å². The zero-order chi connectivity index (χ0) is 11.4. The van der Waals surface area contributed by atoms with Crippen molar-refractivity contribution in [1.29, 1.82) is 0 Å². The van der Waals surface area contributed by atoms with Gasteiger partial charge in [0.05, 0.1) is 13.2 Å². The second-order valence-electron chi connectivity index (χ2n) is 3.25. The number of hydrogen-bond acceptors (Lipinski definition) is 5. The average Bonchev–Trinajstić information content (AvgIpc) is 2.16. The predicted octanol–water partition coefficient (Wildman–Crippen LogP) is 0.956. The lowest BCUT2D eigenvalue weighted by molar-refractivity contribution is 0.201. The number of anilines is 1. The molecule has 1 rings (SSSR count). The van der Waals surface area contributed by atoms with Crippen molar-refractivity contribution in [1.82, 2.24) is 9.97 Å². The Bertz CT molecular complexity index is 333. The molecule has 0 aliphatic carbocycles. The molecule has 1 atom stereocenters. The van der Waals surface area contributed by atoms with Gasteiger partial charge in [-0.3, -0.25) is 0 Å². The summed E-state index contributed by atoms with van der Waals surface area (Å²) in [4.78, 5) is 9.63. The summed E-state index contributed by atoms with van der Waals surface area (Å²) >= 11 is 5.84. The van der Waals surface area contributed by atoms with Crippen LogP contribution in [0.25, 0.3) is 0 Å². The number of hydrogen-bond donors (Lipinski definition) is 1. The fourth-order valence-electron chi connectivity index (χ4n) is 1.27. The Hall–Kier alpha value is -1.07. The lowest BCUT2D eigenvalue weighted by atomic mass is 10.3. The zero-order valence-electron chi connectivity index (χ0n) is 8.94. The second-order valence-corrected chi connectivity index (χ2v) is 3.61. The van der Waals surface area contributed by atoms with E-state index in [-0.39, 0.29) is 5.15 Å². The summed E-state index contributed by atoms with van der Waals surface area (Å²) in [6, 6.07) is 0. The number of aliphatic hydroxyl groups excluding tert-OH is 1. The number of aromatic nitrogens is 2. The molecular weight excluding hydrogens is 218 g/mol. The quantitative estimate of drug-likeness (QED) is 0.783. The molecule has 0 radical (unpaired) electrons. The van der Waals surface area contributed by atoms with E-state index < -0.39 is 6.10 Å². The normalized spacial score (nSPS) is 12.3. The molecule has 1 N–H and O–H groups in total. The number of ether oxygens (including phenoxy) is 1. The molecule has 6 heteroatoms.